The molecule has 1 N–H and O–H groups in total. The maximum Gasteiger partial charge on any atom is 0.156 e. The van der Waals surface area contributed by atoms with Crippen LogP contribution >= 0.6 is 15.9 Å². The molecular weight excluding hydrogens is 304 g/mol. The Morgan fingerprint density at radius 2 is 2.32 bits per heavy atom. The molecule has 19 heavy (non-hydrogen) atoms. The molecule has 1 heterocycles. The van der Waals surface area contributed by atoms with E-state index in [1.807, 2.05) is 11.7 Å². The van der Waals surface area contributed by atoms with Crippen molar-refractivity contribution in [3.05, 3.63) is 33.9 Å². The molecule has 0 fully saturated rings. The van der Waals surface area contributed by atoms with Gasteiger partial charge >= 0.3 is 0 Å². The van der Waals surface area contributed by atoms with E-state index in [-0.39, 0.29) is 0 Å². The average molecular weight is 321 g/mol. The molecule has 3 rings (SSSR count). The number of aromatic nitrogens is 3. The van der Waals surface area contributed by atoms with E-state index < -0.39 is 0 Å². The van der Waals surface area contributed by atoms with Crippen molar-refractivity contribution in [3.63, 3.8) is 0 Å². The summed E-state index contributed by atoms with van der Waals surface area (Å²) in [7, 11) is 1.92. The van der Waals surface area contributed by atoms with Gasteiger partial charge in [-0.2, -0.15) is 0 Å². The highest BCUT2D eigenvalue weighted by Crippen LogP contribution is 2.35. The Morgan fingerprint density at radius 1 is 1.47 bits per heavy atom. The molecule has 4 nitrogen and oxygen atoms in total. The Kier molecular flexibility index (Phi) is 3.41. The third-order valence-electron chi connectivity index (χ3n) is 3.73. The van der Waals surface area contributed by atoms with Gasteiger partial charge in [0.25, 0.3) is 0 Å². The molecule has 0 radical (unpaired) electrons. The minimum absolute atomic E-state index is 0.516. The molecule has 5 heteroatoms. The highest BCUT2D eigenvalue weighted by molar-refractivity contribution is 9.10. The Labute approximate surface area is 121 Å². The molecular formula is C14H17BrN4. The van der Waals surface area contributed by atoms with Crippen molar-refractivity contribution in [1.29, 1.82) is 0 Å². The number of aryl methyl sites for hydroxylation is 2. The molecule has 2 aromatic rings. The highest BCUT2D eigenvalue weighted by Gasteiger charge is 2.22. The van der Waals surface area contributed by atoms with Gasteiger partial charge in [-0.1, -0.05) is 24.3 Å². The van der Waals surface area contributed by atoms with E-state index in [1.54, 1.807) is 0 Å². The second-order valence-electron chi connectivity index (χ2n) is 4.91. The van der Waals surface area contributed by atoms with E-state index in [0.717, 1.165) is 23.3 Å². The number of rotatable bonds is 3. The summed E-state index contributed by atoms with van der Waals surface area (Å²) < 4.78 is 2.61. The number of nitrogens with one attached hydrogen (secondary N) is 1. The van der Waals surface area contributed by atoms with Crippen molar-refractivity contribution >= 4 is 15.9 Å². The highest BCUT2D eigenvalue weighted by atomic mass is 79.9. The van der Waals surface area contributed by atoms with Crippen LogP contribution in [0.4, 0.5) is 0 Å². The van der Waals surface area contributed by atoms with Crippen LogP contribution in [0, 0.1) is 0 Å². The lowest BCUT2D eigenvalue weighted by Crippen LogP contribution is -2.18. The van der Waals surface area contributed by atoms with Crippen molar-refractivity contribution in [2.75, 3.05) is 6.54 Å². The zero-order valence-corrected chi connectivity index (χ0v) is 12.7. The first-order valence-corrected chi connectivity index (χ1v) is 7.41. The van der Waals surface area contributed by atoms with Gasteiger partial charge in [0.15, 0.2) is 4.60 Å². The number of hydrogen-bond donors (Lipinski definition) is 1. The molecule has 1 unspecified atom stereocenters. The van der Waals surface area contributed by atoms with Gasteiger partial charge in [-0.05, 0) is 52.5 Å². The summed E-state index contributed by atoms with van der Waals surface area (Å²) in [4.78, 5) is 0. The molecule has 1 aromatic carbocycles. The summed E-state index contributed by atoms with van der Waals surface area (Å²) >= 11 is 3.46. The van der Waals surface area contributed by atoms with E-state index in [1.165, 1.54) is 23.1 Å². The average Bonchev–Trinajstić information content (AvgIpc) is 2.94. The van der Waals surface area contributed by atoms with Gasteiger partial charge in [0, 0.05) is 18.7 Å². The fraction of sp³-hybridized carbons (Fsp3) is 0.429. The van der Waals surface area contributed by atoms with Crippen molar-refractivity contribution in [2.24, 2.45) is 7.05 Å². The second kappa shape index (κ2) is 5.06. The van der Waals surface area contributed by atoms with Crippen LogP contribution in [0.25, 0.3) is 11.3 Å². The van der Waals surface area contributed by atoms with Crippen molar-refractivity contribution in [1.82, 2.24) is 20.3 Å². The van der Waals surface area contributed by atoms with Crippen molar-refractivity contribution in [2.45, 2.75) is 25.8 Å². The topological polar surface area (TPSA) is 42.7 Å². The molecule has 0 saturated carbocycles. The Hall–Kier alpha value is -1.20. The fourth-order valence-corrected chi connectivity index (χ4v) is 3.42. The van der Waals surface area contributed by atoms with Crippen LogP contribution < -0.4 is 5.32 Å². The van der Waals surface area contributed by atoms with Crippen LogP contribution in [0.15, 0.2) is 22.8 Å². The van der Waals surface area contributed by atoms with Gasteiger partial charge in [0.05, 0.1) is 0 Å². The zero-order chi connectivity index (χ0) is 13.4. The lowest BCUT2D eigenvalue weighted by atomic mass is 10.0. The minimum Gasteiger partial charge on any atom is -0.310 e. The molecule has 1 aromatic heterocycles. The smallest absolute Gasteiger partial charge is 0.156 e. The van der Waals surface area contributed by atoms with Gasteiger partial charge < -0.3 is 5.32 Å². The number of nitrogens with zero attached hydrogens (tertiary/aromatic N) is 3. The normalized spacial score (nSPS) is 17.7. The first-order valence-electron chi connectivity index (χ1n) is 6.62. The summed E-state index contributed by atoms with van der Waals surface area (Å²) in [6.07, 6.45) is 2.33. The van der Waals surface area contributed by atoms with E-state index in [9.17, 15) is 0 Å². The van der Waals surface area contributed by atoms with E-state index >= 15 is 0 Å². The van der Waals surface area contributed by atoms with Crippen LogP contribution in [0.5, 0.6) is 0 Å². The monoisotopic (exact) mass is 320 g/mol. The molecule has 0 saturated heterocycles. The Bertz CT molecular complexity index is 586. The molecule has 0 spiro atoms. The van der Waals surface area contributed by atoms with Crippen LogP contribution in [-0.2, 0) is 13.5 Å². The quantitative estimate of drug-likeness (QED) is 0.945. The summed E-state index contributed by atoms with van der Waals surface area (Å²) in [6, 6.07) is 7.19. The summed E-state index contributed by atoms with van der Waals surface area (Å²) in [5, 5.41) is 11.6. The third-order valence-corrected chi connectivity index (χ3v) is 4.26. The van der Waals surface area contributed by atoms with Crippen LogP contribution in [0.1, 0.15) is 30.5 Å². The van der Waals surface area contributed by atoms with Crippen molar-refractivity contribution in [3.8, 4) is 11.3 Å². The molecule has 1 atom stereocenters. The second-order valence-corrected chi connectivity index (χ2v) is 5.67. The Balaban J connectivity index is 2.00. The molecule has 1 aliphatic carbocycles. The van der Waals surface area contributed by atoms with Gasteiger partial charge in [-0.25, -0.2) is 4.68 Å². The summed E-state index contributed by atoms with van der Waals surface area (Å²) in [5.41, 5.74) is 5.10. The Morgan fingerprint density at radius 3 is 3.00 bits per heavy atom. The standard InChI is InChI=1S/C14H17BrN4/c1-3-16-12-7-5-9-8-10(4-6-11(9)12)13-14(15)17-18-19(13)2/h4,6,8,12,16H,3,5,7H2,1-2H3. The van der Waals surface area contributed by atoms with Crippen LogP contribution in [0.3, 0.4) is 0 Å². The first-order chi connectivity index (χ1) is 9.20. The SMILES string of the molecule is CCNC1CCc2cc(-c3c(Br)nnn3C)ccc21. The lowest BCUT2D eigenvalue weighted by Gasteiger charge is -2.12. The van der Waals surface area contributed by atoms with E-state index in [2.05, 4.69) is 56.7 Å². The van der Waals surface area contributed by atoms with Gasteiger partial charge in [0.2, 0.25) is 0 Å². The van der Waals surface area contributed by atoms with Crippen LogP contribution in [0.2, 0.25) is 0 Å². The maximum atomic E-state index is 4.05. The van der Waals surface area contributed by atoms with Crippen molar-refractivity contribution < 1.29 is 0 Å². The summed E-state index contributed by atoms with van der Waals surface area (Å²) in [5.74, 6) is 0. The van der Waals surface area contributed by atoms with Gasteiger partial charge in [-0.3, -0.25) is 0 Å². The molecule has 0 aliphatic heterocycles. The van der Waals surface area contributed by atoms with E-state index in [0.29, 0.717) is 6.04 Å². The van der Waals surface area contributed by atoms with Gasteiger partial charge in [-0.15, -0.1) is 5.10 Å². The summed E-state index contributed by atoms with van der Waals surface area (Å²) in [6.45, 7) is 3.17. The number of benzene rings is 1. The van der Waals surface area contributed by atoms with Crippen LogP contribution in [-0.4, -0.2) is 21.5 Å². The molecule has 1 aliphatic rings. The first kappa shape index (κ1) is 12.8. The minimum atomic E-state index is 0.516. The number of hydrogen-bond acceptors (Lipinski definition) is 3. The third kappa shape index (κ3) is 2.21. The number of halogens is 1. The van der Waals surface area contributed by atoms with E-state index in [4.69, 9.17) is 0 Å². The lowest BCUT2D eigenvalue weighted by molar-refractivity contribution is 0.549. The molecule has 100 valence electrons. The predicted octanol–water partition coefficient (Wildman–Crippen LogP) is 2.84. The zero-order valence-electron chi connectivity index (χ0n) is 11.2. The molecule has 0 amide bonds. The fourth-order valence-electron chi connectivity index (χ4n) is 2.86. The molecule has 0 bridgehead atoms. The largest absolute Gasteiger partial charge is 0.310 e. The van der Waals surface area contributed by atoms with Gasteiger partial charge in [0.1, 0.15) is 5.69 Å². The maximum absolute atomic E-state index is 4.05. The number of fused-ring (bicyclic) bond motifs is 1. The predicted molar refractivity (Wildman–Crippen MR) is 78.9 cm³/mol.